The van der Waals surface area contributed by atoms with Crippen molar-refractivity contribution in [1.82, 2.24) is 0 Å². The predicted molar refractivity (Wildman–Crippen MR) is 119 cm³/mol. The number of aryl methyl sites for hydroxylation is 1. The van der Waals surface area contributed by atoms with E-state index in [-0.39, 0.29) is 23.1 Å². The van der Waals surface area contributed by atoms with Gasteiger partial charge < -0.3 is 10.1 Å². The van der Waals surface area contributed by atoms with Crippen LogP contribution in [0.4, 0.5) is 11.4 Å². The Morgan fingerprint density at radius 1 is 0.900 bits per heavy atom. The number of carbonyl (C=O) groups excluding carboxylic acids is 1. The molecule has 0 aliphatic carbocycles. The van der Waals surface area contributed by atoms with Gasteiger partial charge in [0.1, 0.15) is 5.75 Å². The van der Waals surface area contributed by atoms with Gasteiger partial charge in [-0.05, 0) is 61.5 Å². The summed E-state index contributed by atoms with van der Waals surface area (Å²) in [6.45, 7) is 1.75. The number of sulfonamides is 1. The molecule has 30 heavy (non-hydrogen) atoms. The smallest absolute Gasteiger partial charge is 0.262 e. The quantitative estimate of drug-likeness (QED) is 0.507. The van der Waals surface area contributed by atoms with Crippen molar-refractivity contribution in [3.05, 3.63) is 82.3 Å². The van der Waals surface area contributed by atoms with Gasteiger partial charge in [0.25, 0.3) is 15.9 Å². The molecule has 0 saturated heterocycles. The number of benzene rings is 3. The molecule has 0 saturated carbocycles. The zero-order valence-electron chi connectivity index (χ0n) is 15.9. The second-order valence-corrected chi connectivity index (χ2v) is 8.99. The molecule has 0 atom stereocenters. The first-order valence-electron chi connectivity index (χ1n) is 8.79. The van der Waals surface area contributed by atoms with Crippen molar-refractivity contribution in [1.29, 1.82) is 0 Å². The monoisotopic (exact) mass is 464 g/mol. The molecule has 0 aliphatic rings. The molecule has 1 amide bonds. The Balaban J connectivity index is 1.59. The first kappa shape index (κ1) is 22.0. The number of hydrogen-bond donors (Lipinski definition) is 2. The number of rotatable bonds is 7. The van der Waals surface area contributed by atoms with E-state index < -0.39 is 10.0 Å². The summed E-state index contributed by atoms with van der Waals surface area (Å²) in [5.74, 6) is 0.0360. The summed E-state index contributed by atoms with van der Waals surface area (Å²) < 4.78 is 32.9. The van der Waals surface area contributed by atoms with Gasteiger partial charge in [-0.2, -0.15) is 0 Å². The number of halogens is 2. The topological polar surface area (TPSA) is 84.5 Å². The van der Waals surface area contributed by atoms with Gasteiger partial charge in [-0.15, -0.1) is 0 Å². The highest BCUT2D eigenvalue weighted by molar-refractivity contribution is 7.92. The fourth-order valence-electron chi connectivity index (χ4n) is 2.52. The third-order valence-corrected chi connectivity index (χ3v) is 5.79. The highest BCUT2D eigenvalue weighted by Crippen LogP contribution is 2.25. The third-order valence-electron chi connectivity index (χ3n) is 3.95. The second-order valence-electron chi connectivity index (χ2n) is 6.44. The normalized spacial score (nSPS) is 11.0. The number of ether oxygens (including phenoxy) is 1. The van der Waals surface area contributed by atoms with Crippen LogP contribution in [0.2, 0.25) is 10.0 Å². The van der Waals surface area contributed by atoms with E-state index in [1.54, 1.807) is 12.1 Å². The van der Waals surface area contributed by atoms with Crippen LogP contribution in [0.5, 0.6) is 5.75 Å². The molecule has 9 heteroatoms. The first-order valence-corrected chi connectivity index (χ1v) is 11.0. The van der Waals surface area contributed by atoms with Crippen molar-refractivity contribution in [2.45, 2.75) is 11.8 Å². The van der Waals surface area contributed by atoms with E-state index >= 15 is 0 Å². The molecule has 3 aromatic rings. The van der Waals surface area contributed by atoms with Gasteiger partial charge in [-0.25, -0.2) is 8.42 Å². The molecule has 3 rings (SSSR count). The molecule has 6 nitrogen and oxygen atoms in total. The minimum Gasteiger partial charge on any atom is -0.484 e. The summed E-state index contributed by atoms with van der Waals surface area (Å²) in [6.07, 6.45) is 0. The van der Waals surface area contributed by atoms with Crippen molar-refractivity contribution in [2.24, 2.45) is 0 Å². The standard InChI is InChI=1S/C21H18Cl2N2O4S/c1-14-2-4-17(5-3-14)24-21(26)13-29-19-6-8-20(9-7-19)30(27,28)25-18-11-15(22)10-16(23)12-18/h2-12,25H,13H2,1H3,(H,24,26). The molecule has 3 aromatic carbocycles. The fourth-order valence-corrected chi connectivity index (χ4v) is 4.09. The van der Waals surface area contributed by atoms with E-state index in [4.69, 9.17) is 27.9 Å². The van der Waals surface area contributed by atoms with E-state index in [1.807, 2.05) is 19.1 Å². The zero-order chi connectivity index (χ0) is 21.7. The van der Waals surface area contributed by atoms with Crippen LogP contribution < -0.4 is 14.8 Å². The first-order chi connectivity index (χ1) is 14.2. The Morgan fingerprint density at radius 2 is 1.50 bits per heavy atom. The highest BCUT2D eigenvalue weighted by atomic mass is 35.5. The highest BCUT2D eigenvalue weighted by Gasteiger charge is 2.15. The van der Waals surface area contributed by atoms with E-state index in [0.29, 0.717) is 21.5 Å². The van der Waals surface area contributed by atoms with Crippen LogP contribution in [0.3, 0.4) is 0 Å². The summed E-state index contributed by atoms with van der Waals surface area (Å²) in [7, 11) is -3.84. The summed E-state index contributed by atoms with van der Waals surface area (Å²) in [5.41, 5.74) is 2.01. The van der Waals surface area contributed by atoms with Crippen LogP contribution in [-0.4, -0.2) is 20.9 Å². The van der Waals surface area contributed by atoms with Gasteiger partial charge in [0.15, 0.2) is 6.61 Å². The average Bonchev–Trinajstić information content (AvgIpc) is 2.67. The maximum atomic E-state index is 12.5. The van der Waals surface area contributed by atoms with Gasteiger partial charge in [0.05, 0.1) is 10.6 Å². The van der Waals surface area contributed by atoms with Crippen molar-refractivity contribution in [3.8, 4) is 5.75 Å². The van der Waals surface area contributed by atoms with E-state index in [0.717, 1.165) is 5.56 Å². The molecule has 0 bridgehead atoms. The summed E-state index contributed by atoms with van der Waals surface area (Å²) >= 11 is 11.8. The molecule has 0 radical (unpaired) electrons. The van der Waals surface area contributed by atoms with Crippen LogP contribution in [-0.2, 0) is 14.8 Å². The zero-order valence-corrected chi connectivity index (χ0v) is 18.2. The molecule has 0 heterocycles. The van der Waals surface area contributed by atoms with Crippen LogP contribution >= 0.6 is 23.2 Å². The van der Waals surface area contributed by atoms with Crippen LogP contribution in [0.25, 0.3) is 0 Å². The lowest BCUT2D eigenvalue weighted by molar-refractivity contribution is -0.118. The number of nitrogens with one attached hydrogen (secondary N) is 2. The third kappa shape index (κ3) is 6.13. The molecule has 0 spiro atoms. The van der Waals surface area contributed by atoms with E-state index in [9.17, 15) is 13.2 Å². The van der Waals surface area contributed by atoms with Gasteiger partial charge in [-0.3, -0.25) is 9.52 Å². The maximum Gasteiger partial charge on any atom is 0.262 e. The summed E-state index contributed by atoms with van der Waals surface area (Å²) in [5, 5.41) is 3.35. The van der Waals surface area contributed by atoms with E-state index in [2.05, 4.69) is 10.0 Å². The lowest BCUT2D eigenvalue weighted by Gasteiger charge is -2.10. The molecular weight excluding hydrogens is 447 g/mol. The van der Waals surface area contributed by atoms with Crippen LogP contribution in [0.1, 0.15) is 5.56 Å². The number of hydrogen-bond acceptors (Lipinski definition) is 4. The molecule has 156 valence electrons. The Kier molecular flexibility index (Phi) is 6.87. The lowest BCUT2D eigenvalue weighted by atomic mass is 10.2. The van der Waals surface area contributed by atoms with Crippen molar-refractivity contribution in [3.63, 3.8) is 0 Å². The molecule has 0 aliphatic heterocycles. The van der Waals surface area contributed by atoms with Gasteiger partial charge in [0.2, 0.25) is 0 Å². The second kappa shape index (κ2) is 9.38. The Hall–Kier alpha value is -2.74. The minimum absolute atomic E-state index is 0.0232. The molecule has 2 N–H and O–H groups in total. The Bertz CT molecular complexity index is 1130. The van der Waals surface area contributed by atoms with Crippen LogP contribution in [0, 0.1) is 6.92 Å². The van der Waals surface area contributed by atoms with Gasteiger partial charge >= 0.3 is 0 Å². The fraction of sp³-hybridized carbons (Fsp3) is 0.0952. The largest absolute Gasteiger partial charge is 0.484 e. The summed E-state index contributed by atoms with van der Waals surface area (Å²) in [6, 6.07) is 17.5. The van der Waals surface area contributed by atoms with E-state index in [1.165, 1.54) is 42.5 Å². The number of amides is 1. The Morgan fingerprint density at radius 3 is 2.10 bits per heavy atom. The summed E-state index contributed by atoms with van der Waals surface area (Å²) in [4.78, 5) is 12.0. The molecule has 0 aromatic heterocycles. The van der Waals surface area contributed by atoms with Crippen LogP contribution in [0.15, 0.2) is 71.6 Å². The van der Waals surface area contributed by atoms with Crippen molar-refractivity contribution in [2.75, 3.05) is 16.6 Å². The molecule has 0 unspecified atom stereocenters. The van der Waals surface area contributed by atoms with Crippen molar-refractivity contribution < 1.29 is 17.9 Å². The SMILES string of the molecule is Cc1ccc(NC(=O)COc2ccc(S(=O)(=O)Nc3cc(Cl)cc(Cl)c3)cc2)cc1. The molecule has 0 fully saturated rings. The minimum atomic E-state index is -3.84. The number of anilines is 2. The number of carbonyl (C=O) groups is 1. The Labute approximate surface area is 184 Å². The predicted octanol–water partition coefficient (Wildman–Crippen LogP) is 5.12. The van der Waals surface area contributed by atoms with Gasteiger partial charge in [0, 0.05) is 15.7 Å². The molecular formula is C21H18Cl2N2O4S. The maximum absolute atomic E-state index is 12.5. The van der Waals surface area contributed by atoms with Gasteiger partial charge in [-0.1, -0.05) is 40.9 Å². The van der Waals surface area contributed by atoms with Crippen molar-refractivity contribution >= 4 is 50.5 Å². The average molecular weight is 465 g/mol. The lowest BCUT2D eigenvalue weighted by Crippen LogP contribution is -2.20.